The molecule has 0 aromatic heterocycles. The smallest absolute Gasteiger partial charge is 0.324 e. The maximum absolute atomic E-state index is 14.1. The van der Waals surface area contributed by atoms with Crippen LogP contribution in [-0.4, -0.2) is 26.2 Å². The summed E-state index contributed by atoms with van der Waals surface area (Å²) < 4.78 is 18.3. The molecule has 0 bridgehead atoms. The molecule has 0 amide bonds. The summed E-state index contributed by atoms with van der Waals surface area (Å²) in [5.74, 6) is -0.898. The SMILES string of the molecule is CCCCC=S(=O)(NC1(C(=O)O)CCCCC1)c1ccc(-c2ccc(Br)cc2)cc1. The largest absolute Gasteiger partial charge is 0.480 e. The quantitative estimate of drug-likeness (QED) is 0.349. The van der Waals surface area contributed by atoms with Crippen LogP contribution in [0.1, 0.15) is 58.3 Å². The van der Waals surface area contributed by atoms with E-state index in [4.69, 9.17) is 0 Å². The van der Waals surface area contributed by atoms with Gasteiger partial charge in [0.2, 0.25) is 0 Å². The zero-order valence-corrected chi connectivity index (χ0v) is 19.8. The molecular weight excluding hydrogens is 462 g/mol. The predicted molar refractivity (Wildman–Crippen MR) is 128 cm³/mol. The minimum atomic E-state index is -2.81. The standard InChI is InChI=1S/C24H30BrNO3S/c1-2-3-7-18-30(29,26-24(23(27)28)16-5-4-6-17-24)22-14-10-20(11-15-22)19-8-12-21(25)13-9-19/h8-15,18H,2-7,16-17H2,1H3,(H,26,29)(H,27,28). The van der Waals surface area contributed by atoms with E-state index in [2.05, 4.69) is 27.6 Å². The van der Waals surface area contributed by atoms with E-state index in [9.17, 15) is 14.1 Å². The van der Waals surface area contributed by atoms with Crippen molar-refractivity contribution in [2.75, 3.05) is 0 Å². The Kier molecular flexibility index (Phi) is 7.77. The van der Waals surface area contributed by atoms with Crippen LogP contribution < -0.4 is 4.72 Å². The number of hydrogen-bond acceptors (Lipinski definition) is 2. The summed E-state index contributed by atoms with van der Waals surface area (Å²) in [5.41, 5.74) is 0.989. The van der Waals surface area contributed by atoms with Crippen LogP contribution in [0.15, 0.2) is 57.9 Å². The van der Waals surface area contributed by atoms with Gasteiger partial charge in [0, 0.05) is 9.37 Å². The third-order valence-electron chi connectivity index (χ3n) is 5.76. The molecule has 0 spiro atoms. The van der Waals surface area contributed by atoms with Crippen LogP contribution in [0.3, 0.4) is 0 Å². The molecule has 1 unspecified atom stereocenters. The van der Waals surface area contributed by atoms with E-state index in [1.165, 1.54) is 0 Å². The summed E-state index contributed by atoms with van der Waals surface area (Å²) >= 11 is 3.45. The summed E-state index contributed by atoms with van der Waals surface area (Å²) in [7, 11) is -2.81. The Morgan fingerprint density at radius 2 is 1.63 bits per heavy atom. The van der Waals surface area contributed by atoms with Gasteiger partial charge in [-0.05, 0) is 66.4 Å². The van der Waals surface area contributed by atoms with Crippen molar-refractivity contribution in [3.05, 3.63) is 53.0 Å². The molecule has 0 radical (unpaired) electrons. The number of unbranched alkanes of at least 4 members (excludes halogenated alkanes) is 2. The lowest BCUT2D eigenvalue weighted by Crippen LogP contribution is -2.55. The Labute approximate surface area is 188 Å². The van der Waals surface area contributed by atoms with E-state index in [0.717, 1.165) is 47.7 Å². The number of carbonyl (C=O) groups is 1. The summed E-state index contributed by atoms with van der Waals surface area (Å²) in [6.45, 7) is 2.09. The number of aliphatic carboxylic acids is 1. The highest BCUT2D eigenvalue weighted by Gasteiger charge is 2.42. The maximum atomic E-state index is 14.1. The molecule has 3 rings (SSSR count). The van der Waals surface area contributed by atoms with Crippen LogP contribution in [0.4, 0.5) is 0 Å². The van der Waals surface area contributed by atoms with E-state index < -0.39 is 21.2 Å². The van der Waals surface area contributed by atoms with Crippen molar-refractivity contribution < 1.29 is 14.1 Å². The normalized spacial score (nSPS) is 17.8. The van der Waals surface area contributed by atoms with Crippen LogP contribution in [0.2, 0.25) is 0 Å². The number of hydrogen-bond donors (Lipinski definition) is 2. The Bertz CT molecular complexity index is 971. The van der Waals surface area contributed by atoms with Gasteiger partial charge in [-0.1, -0.05) is 72.8 Å². The monoisotopic (exact) mass is 491 g/mol. The third kappa shape index (κ3) is 5.34. The molecule has 0 aliphatic heterocycles. The molecule has 0 saturated heterocycles. The fraction of sp³-hybridized carbons (Fsp3) is 0.417. The van der Waals surface area contributed by atoms with Crippen molar-refractivity contribution in [3.8, 4) is 11.1 Å². The molecule has 2 aromatic rings. The molecule has 1 aliphatic carbocycles. The lowest BCUT2D eigenvalue weighted by atomic mass is 9.83. The molecule has 1 aliphatic rings. The molecule has 6 heteroatoms. The van der Waals surface area contributed by atoms with Crippen molar-refractivity contribution >= 4 is 37.0 Å². The van der Waals surface area contributed by atoms with E-state index in [1.807, 2.05) is 53.9 Å². The first kappa shape index (κ1) is 23.0. The second-order valence-electron chi connectivity index (χ2n) is 7.99. The third-order valence-corrected chi connectivity index (χ3v) is 8.66. The fourth-order valence-corrected chi connectivity index (χ4v) is 6.52. The van der Waals surface area contributed by atoms with Gasteiger partial charge >= 0.3 is 5.97 Å². The van der Waals surface area contributed by atoms with Crippen LogP contribution in [-0.2, 0) is 14.5 Å². The van der Waals surface area contributed by atoms with Gasteiger partial charge in [0.25, 0.3) is 0 Å². The fourth-order valence-electron chi connectivity index (χ4n) is 3.95. The first-order chi connectivity index (χ1) is 14.4. The van der Waals surface area contributed by atoms with E-state index in [0.29, 0.717) is 24.2 Å². The second-order valence-corrected chi connectivity index (χ2v) is 11.1. The van der Waals surface area contributed by atoms with Crippen LogP contribution in [0.25, 0.3) is 11.1 Å². The molecule has 1 fully saturated rings. The van der Waals surface area contributed by atoms with Crippen LogP contribution in [0.5, 0.6) is 0 Å². The van der Waals surface area contributed by atoms with Crippen molar-refractivity contribution in [2.24, 2.45) is 0 Å². The lowest BCUT2D eigenvalue weighted by molar-refractivity contribution is -0.145. The Morgan fingerprint density at radius 1 is 1.07 bits per heavy atom. The van der Waals surface area contributed by atoms with Gasteiger partial charge in [0.1, 0.15) is 5.54 Å². The van der Waals surface area contributed by atoms with E-state index in [-0.39, 0.29) is 0 Å². The Morgan fingerprint density at radius 3 is 2.17 bits per heavy atom. The zero-order valence-electron chi connectivity index (χ0n) is 17.4. The average molecular weight is 492 g/mol. The Hall–Kier alpha value is -1.63. The summed E-state index contributed by atoms with van der Waals surface area (Å²) in [6.07, 6.45) is 6.34. The summed E-state index contributed by atoms with van der Waals surface area (Å²) in [5, 5.41) is 11.8. The zero-order chi connectivity index (χ0) is 21.6. The van der Waals surface area contributed by atoms with Gasteiger partial charge in [0.05, 0.1) is 9.71 Å². The van der Waals surface area contributed by atoms with Gasteiger partial charge in [-0.25, -0.2) is 8.93 Å². The number of carboxylic acid groups (broad SMARTS) is 1. The second kappa shape index (κ2) is 10.1. The molecule has 1 atom stereocenters. The number of carboxylic acids is 1. The van der Waals surface area contributed by atoms with Gasteiger partial charge < -0.3 is 5.11 Å². The molecule has 162 valence electrons. The number of benzene rings is 2. The van der Waals surface area contributed by atoms with Crippen molar-refractivity contribution in [1.82, 2.24) is 4.72 Å². The summed E-state index contributed by atoms with van der Waals surface area (Å²) in [4.78, 5) is 12.8. The van der Waals surface area contributed by atoms with Gasteiger partial charge in [0.15, 0.2) is 0 Å². The van der Waals surface area contributed by atoms with Gasteiger partial charge in [-0.15, -0.1) is 0 Å². The number of rotatable bonds is 8. The average Bonchev–Trinajstić information content (AvgIpc) is 2.75. The first-order valence-electron chi connectivity index (χ1n) is 10.6. The molecular formula is C24H30BrNO3S. The molecule has 2 aromatic carbocycles. The molecule has 0 heterocycles. The minimum absolute atomic E-state index is 0.512. The van der Waals surface area contributed by atoms with Gasteiger partial charge in [-0.2, -0.15) is 0 Å². The minimum Gasteiger partial charge on any atom is -0.480 e. The van der Waals surface area contributed by atoms with Crippen LogP contribution in [0, 0.1) is 0 Å². The molecule has 1 saturated carbocycles. The summed E-state index contributed by atoms with van der Waals surface area (Å²) in [6, 6.07) is 15.7. The molecule has 4 nitrogen and oxygen atoms in total. The molecule has 2 N–H and O–H groups in total. The van der Waals surface area contributed by atoms with E-state index in [1.54, 1.807) is 0 Å². The van der Waals surface area contributed by atoms with Crippen molar-refractivity contribution in [3.63, 3.8) is 0 Å². The van der Waals surface area contributed by atoms with Crippen LogP contribution >= 0.6 is 15.9 Å². The Balaban J connectivity index is 1.96. The van der Waals surface area contributed by atoms with Gasteiger partial charge in [-0.3, -0.25) is 4.79 Å². The number of halogens is 1. The predicted octanol–water partition coefficient (Wildman–Crippen LogP) is 6.04. The van der Waals surface area contributed by atoms with E-state index >= 15 is 0 Å². The van der Waals surface area contributed by atoms with Crippen molar-refractivity contribution in [1.29, 1.82) is 0 Å². The maximum Gasteiger partial charge on any atom is 0.324 e. The number of nitrogens with one attached hydrogen (secondary N) is 1. The highest BCUT2D eigenvalue weighted by atomic mass is 79.9. The molecule has 30 heavy (non-hydrogen) atoms. The highest BCUT2D eigenvalue weighted by Crippen LogP contribution is 2.31. The lowest BCUT2D eigenvalue weighted by Gasteiger charge is -2.35. The highest BCUT2D eigenvalue weighted by molar-refractivity contribution is 9.10. The first-order valence-corrected chi connectivity index (χ1v) is 13.1. The van der Waals surface area contributed by atoms with Crippen molar-refractivity contribution in [2.45, 2.75) is 68.7 Å². The topological polar surface area (TPSA) is 66.4 Å².